The molecule has 0 spiro atoms. The van der Waals surface area contributed by atoms with E-state index in [0.29, 0.717) is 21.2 Å². The molecule has 5 nitrogen and oxygen atoms in total. The van der Waals surface area contributed by atoms with Crippen molar-refractivity contribution in [2.75, 3.05) is 7.05 Å². The zero-order valence-electron chi connectivity index (χ0n) is 13.2. The molecule has 126 valence electrons. The van der Waals surface area contributed by atoms with Crippen LogP contribution in [0.25, 0.3) is 0 Å². The first-order valence-electron chi connectivity index (χ1n) is 7.24. The second kappa shape index (κ2) is 7.64. The smallest absolute Gasteiger partial charge is 0.269 e. The molecule has 24 heavy (non-hydrogen) atoms. The molecular formula is C17H16Cl2N2O3. The summed E-state index contributed by atoms with van der Waals surface area (Å²) in [5.41, 5.74) is 1.25. The van der Waals surface area contributed by atoms with Gasteiger partial charge in [0, 0.05) is 29.2 Å². The van der Waals surface area contributed by atoms with Crippen molar-refractivity contribution in [1.82, 2.24) is 4.90 Å². The van der Waals surface area contributed by atoms with Crippen molar-refractivity contribution in [3.8, 4) is 0 Å². The van der Waals surface area contributed by atoms with Crippen LogP contribution >= 0.6 is 23.2 Å². The van der Waals surface area contributed by atoms with Crippen molar-refractivity contribution in [3.63, 3.8) is 0 Å². The third-order valence-corrected chi connectivity index (χ3v) is 4.64. The molecule has 1 atom stereocenters. The Morgan fingerprint density at radius 2 is 1.79 bits per heavy atom. The van der Waals surface area contributed by atoms with Crippen LogP contribution in [-0.4, -0.2) is 22.8 Å². The number of carbonyl (C=O) groups excluding carboxylic acids is 1. The lowest BCUT2D eigenvalue weighted by molar-refractivity contribution is -0.384. The summed E-state index contributed by atoms with van der Waals surface area (Å²) in [6.45, 7) is 1.81. The van der Waals surface area contributed by atoms with E-state index < -0.39 is 4.92 Å². The van der Waals surface area contributed by atoms with Crippen molar-refractivity contribution >= 4 is 34.8 Å². The molecule has 2 aromatic carbocycles. The van der Waals surface area contributed by atoms with Crippen LogP contribution in [0, 0.1) is 10.1 Å². The van der Waals surface area contributed by atoms with Gasteiger partial charge in [-0.1, -0.05) is 41.4 Å². The number of nitro groups is 1. The van der Waals surface area contributed by atoms with Crippen LogP contribution in [0.1, 0.15) is 24.1 Å². The Morgan fingerprint density at radius 1 is 1.21 bits per heavy atom. The minimum Gasteiger partial charge on any atom is -0.339 e. The zero-order valence-corrected chi connectivity index (χ0v) is 14.7. The molecule has 0 heterocycles. The Bertz CT molecular complexity index is 760. The number of carbonyl (C=O) groups is 1. The molecule has 0 N–H and O–H groups in total. The number of benzene rings is 2. The predicted octanol–water partition coefficient (Wildman–Crippen LogP) is 4.66. The second-order valence-corrected chi connectivity index (χ2v) is 6.22. The summed E-state index contributed by atoms with van der Waals surface area (Å²) in [4.78, 5) is 24.5. The van der Waals surface area contributed by atoms with Gasteiger partial charge in [-0.15, -0.1) is 0 Å². The number of amides is 1. The van der Waals surface area contributed by atoms with Crippen LogP contribution in [0.2, 0.25) is 10.0 Å². The number of rotatable bonds is 5. The maximum Gasteiger partial charge on any atom is 0.269 e. The maximum absolute atomic E-state index is 12.5. The average molecular weight is 367 g/mol. The van der Waals surface area contributed by atoms with E-state index in [2.05, 4.69) is 0 Å². The minimum atomic E-state index is -0.457. The number of likely N-dealkylation sites (N-methyl/N-ethyl adjacent to an activating group) is 1. The number of nitro benzene ring substituents is 1. The Morgan fingerprint density at radius 3 is 2.38 bits per heavy atom. The van der Waals surface area contributed by atoms with Crippen LogP contribution in [0.5, 0.6) is 0 Å². The fraction of sp³-hybridized carbons (Fsp3) is 0.235. The van der Waals surface area contributed by atoms with Gasteiger partial charge < -0.3 is 4.90 Å². The molecule has 2 aromatic rings. The fourth-order valence-electron chi connectivity index (χ4n) is 2.31. The van der Waals surface area contributed by atoms with Gasteiger partial charge in [-0.3, -0.25) is 14.9 Å². The van der Waals surface area contributed by atoms with E-state index in [1.165, 1.54) is 17.0 Å². The van der Waals surface area contributed by atoms with Gasteiger partial charge in [0.05, 0.1) is 17.4 Å². The molecule has 0 aliphatic carbocycles. The molecule has 0 unspecified atom stereocenters. The zero-order chi connectivity index (χ0) is 17.9. The Hall–Kier alpha value is -2.11. The van der Waals surface area contributed by atoms with Gasteiger partial charge in [0.1, 0.15) is 0 Å². The van der Waals surface area contributed by atoms with E-state index in [-0.39, 0.29) is 24.1 Å². The number of hydrogen-bond donors (Lipinski definition) is 0. The van der Waals surface area contributed by atoms with Gasteiger partial charge in [0.15, 0.2) is 0 Å². The van der Waals surface area contributed by atoms with Crippen molar-refractivity contribution in [3.05, 3.63) is 73.8 Å². The summed E-state index contributed by atoms with van der Waals surface area (Å²) >= 11 is 12.2. The molecule has 0 radical (unpaired) electrons. The third kappa shape index (κ3) is 4.04. The van der Waals surface area contributed by atoms with E-state index in [9.17, 15) is 14.9 Å². The van der Waals surface area contributed by atoms with Crippen molar-refractivity contribution in [1.29, 1.82) is 0 Å². The summed E-state index contributed by atoms with van der Waals surface area (Å²) in [6, 6.07) is 11.0. The first-order chi connectivity index (χ1) is 11.3. The highest BCUT2D eigenvalue weighted by Crippen LogP contribution is 2.27. The molecule has 0 fully saturated rings. The van der Waals surface area contributed by atoms with Gasteiger partial charge in [-0.05, 0) is 30.2 Å². The number of hydrogen-bond acceptors (Lipinski definition) is 3. The van der Waals surface area contributed by atoms with Crippen LogP contribution in [0.15, 0.2) is 42.5 Å². The number of non-ortho nitro benzene ring substituents is 1. The van der Waals surface area contributed by atoms with E-state index in [1.54, 1.807) is 37.4 Å². The summed E-state index contributed by atoms with van der Waals surface area (Å²) in [5, 5.41) is 11.8. The second-order valence-electron chi connectivity index (χ2n) is 5.41. The molecule has 0 aliphatic heterocycles. The maximum atomic E-state index is 12.5. The fourth-order valence-corrected chi connectivity index (χ4v) is 2.85. The molecular weight excluding hydrogens is 351 g/mol. The molecule has 0 aromatic heterocycles. The number of nitrogens with zero attached hydrogens (tertiary/aromatic N) is 2. The first kappa shape index (κ1) is 18.2. The monoisotopic (exact) mass is 366 g/mol. The lowest BCUT2D eigenvalue weighted by atomic mass is 10.1. The highest BCUT2D eigenvalue weighted by molar-refractivity contribution is 6.36. The normalized spacial score (nSPS) is 11.8. The SMILES string of the molecule is C[C@@H](c1cccc([N+](=O)[O-])c1)N(C)C(=O)Cc1c(Cl)cccc1Cl. The molecule has 1 amide bonds. The molecule has 0 saturated heterocycles. The first-order valence-corrected chi connectivity index (χ1v) is 7.99. The van der Waals surface area contributed by atoms with Crippen LogP contribution in [-0.2, 0) is 11.2 Å². The van der Waals surface area contributed by atoms with Crippen molar-refractivity contribution in [2.45, 2.75) is 19.4 Å². The van der Waals surface area contributed by atoms with Gasteiger partial charge in [-0.25, -0.2) is 0 Å². The third-order valence-electron chi connectivity index (χ3n) is 3.93. The molecule has 2 rings (SSSR count). The van der Waals surface area contributed by atoms with E-state index >= 15 is 0 Å². The highest BCUT2D eigenvalue weighted by atomic mass is 35.5. The summed E-state index contributed by atoms with van der Waals surface area (Å²) < 4.78 is 0. The van der Waals surface area contributed by atoms with Gasteiger partial charge >= 0.3 is 0 Å². The van der Waals surface area contributed by atoms with Gasteiger partial charge in [0.25, 0.3) is 5.69 Å². The largest absolute Gasteiger partial charge is 0.339 e. The highest BCUT2D eigenvalue weighted by Gasteiger charge is 2.21. The quantitative estimate of drug-likeness (QED) is 0.570. The van der Waals surface area contributed by atoms with Gasteiger partial charge in [0.2, 0.25) is 5.91 Å². The lowest BCUT2D eigenvalue weighted by Gasteiger charge is -2.25. The van der Waals surface area contributed by atoms with E-state index in [0.717, 1.165) is 0 Å². The standard InChI is InChI=1S/C17H16Cl2N2O3/c1-11(12-5-3-6-13(9-12)21(23)24)20(2)17(22)10-14-15(18)7-4-8-16(14)19/h3-9,11H,10H2,1-2H3/t11-/m0/s1. The minimum absolute atomic E-state index is 0.00523. The Balaban J connectivity index is 2.18. The van der Waals surface area contributed by atoms with Crippen LogP contribution in [0.4, 0.5) is 5.69 Å². The summed E-state index contributed by atoms with van der Waals surface area (Å²) in [5.74, 6) is -0.177. The van der Waals surface area contributed by atoms with Crippen LogP contribution < -0.4 is 0 Å². The molecule has 7 heteroatoms. The summed E-state index contributed by atoms with van der Waals surface area (Å²) in [6.07, 6.45) is 0.0638. The number of halogens is 2. The topological polar surface area (TPSA) is 63.5 Å². The average Bonchev–Trinajstić information content (AvgIpc) is 2.56. The molecule has 0 bridgehead atoms. The van der Waals surface area contributed by atoms with Crippen LogP contribution in [0.3, 0.4) is 0 Å². The van der Waals surface area contributed by atoms with E-state index in [4.69, 9.17) is 23.2 Å². The molecule has 0 aliphatic rings. The van der Waals surface area contributed by atoms with Crippen molar-refractivity contribution < 1.29 is 9.72 Å². The van der Waals surface area contributed by atoms with E-state index in [1.807, 2.05) is 6.92 Å². The lowest BCUT2D eigenvalue weighted by Crippen LogP contribution is -2.31. The Labute approximate surface area is 149 Å². The predicted molar refractivity (Wildman–Crippen MR) is 94.4 cm³/mol. The Kier molecular flexibility index (Phi) is 5.80. The molecule has 0 saturated carbocycles. The summed E-state index contributed by atoms with van der Waals surface area (Å²) in [7, 11) is 1.65. The van der Waals surface area contributed by atoms with Crippen molar-refractivity contribution in [2.24, 2.45) is 0 Å². The van der Waals surface area contributed by atoms with Gasteiger partial charge in [-0.2, -0.15) is 0 Å².